The number of aromatic amines is 1. The number of hydrogen-bond acceptors (Lipinski definition) is 16. The zero-order valence-corrected chi connectivity index (χ0v) is 29.3. The molecule has 51 heavy (non-hydrogen) atoms. The normalized spacial score (nSPS) is 15.0. The van der Waals surface area contributed by atoms with Gasteiger partial charge in [-0.25, -0.2) is 8.42 Å². The van der Waals surface area contributed by atoms with Crippen molar-refractivity contribution in [1.29, 1.82) is 0 Å². The number of nitrogens with one attached hydrogen (secondary N) is 1. The fraction of sp³-hybridized carbons (Fsp3) is 0.280. The van der Waals surface area contributed by atoms with E-state index in [0.717, 1.165) is 12.1 Å². The number of aryl methyl sites for hydroxylation is 4. The maximum absolute atomic E-state index is 13.1. The molecule has 0 aliphatic carbocycles. The first kappa shape index (κ1) is 37.3. The van der Waals surface area contributed by atoms with Gasteiger partial charge >= 0.3 is 12.6 Å². The SMILES string of the molecule is CCl.Cc1noc(C)c1S(=O)(=O)Cl.Cc1noc(C)c1S(=O)(=O)n1nnc2cc3c(cc21)OC(F)(F)O3.FC1(F)Oc2cc3n[nH]nc3cc2O1. The number of alkyl halides is 5. The van der Waals surface area contributed by atoms with Crippen LogP contribution in [0.4, 0.5) is 17.6 Å². The molecular weight excluding hydrogens is 783 g/mol. The summed E-state index contributed by atoms with van der Waals surface area (Å²) in [7, 11) is -2.81. The molecule has 4 aromatic heterocycles. The van der Waals surface area contributed by atoms with E-state index in [2.05, 4.69) is 71.1 Å². The van der Waals surface area contributed by atoms with E-state index in [0.29, 0.717) is 15.1 Å². The van der Waals surface area contributed by atoms with Gasteiger partial charge in [0.05, 0.1) is 0 Å². The Morgan fingerprint density at radius 3 is 1.49 bits per heavy atom. The van der Waals surface area contributed by atoms with Crippen molar-refractivity contribution >= 4 is 63.4 Å². The van der Waals surface area contributed by atoms with Crippen LogP contribution >= 0.6 is 22.3 Å². The molecule has 0 bridgehead atoms. The highest BCUT2D eigenvalue weighted by molar-refractivity contribution is 8.13. The lowest BCUT2D eigenvalue weighted by Crippen LogP contribution is -2.26. The molecule has 8 rings (SSSR count). The molecule has 0 saturated carbocycles. The van der Waals surface area contributed by atoms with E-state index >= 15 is 0 Å². The number of rotatable bonds is 3. The summed E-state index contributed by atoms with van der Waals surface area (Å²) in [5.41, 5.74) is 1.33. The highest BCUT2D eigenvalue weighted by atomic mass is 35.7. The fourth-order valence-corrected chi connectivity index (χ4v) is 7.51. The Hall–Kier alpha value is -4.94. The monoisotopic (exact) mass is 802 g/mol. The Morgan fingerprint density at radius 1 is 0.686 bits per heavy atom. The van der Waals surface area contributed by atoms with Crippen molar-refractivity contribution in [1.82, 2.24) is 40.1 Å². The van der Waals surface area contributed by atoms with Crippen molar-refractivity contribution < 1.29 is 62.4 Å². The number of aromatic nitrogens is 8. The second-order valence-corrected chi connectivity index (χ2v) is 14.1. The van der Waals surface area contributed by atoms with Crippen LogP contribution in [0.2, 0.25) is 0 Å². The van der Waals surface area contributed by atoms with E-state index in [1.54, 1.807) is 0 Å². The van der Waals surface area contributed by atoms with Crippen LogP contribution < -0.4 is 18.9 Å². The molecule has 0 spiro atoms. The lowest BCUT2D eigenvalue weighted by molar-refractivity contribution is -0.287. The summed E-state index contributed by atoms with van der Waals surface area (Å²) in [6, 6.07) is 4.88. The average Bonchev–Trinajstić information content (AvgIpc) is 3.86. The van der Waals surface area contributed by atoms with Crippen molar-refractivity contribution in [3.8, 4) is 23.0 Å². The topological polar surface area (TPSA) is 230 Å². The molecule has 18 nitrogen and oxygen atoms in total. The van der Waals surface area contributed by atoms with Crippen molar-refractivity contribution in [3.63, 3.8) is 0 Å². The van der Waals surface area contributed by atoms with Gasteiger partial charge < -0.3 is 28.0 Å². The Kier molecular flexibility index (Phi) is 9.74. The zero-order chi connectivity index (χ0) is 37.7. The van der Waals surface area contributed by atoms with Crippen molar-refractivity contribution in [3.05, 3.63) is 47.2 Å². The minimum Gasteiger partial charge on any atom is -0.395 e. The lowest BCUT2D eigenvalue weighted by Gasteiger charge is -2.04. The number of halogens is 6. The minimum absolute atomic E-state index is 0.0285. The molecule has 2 aromatic carbocycles. The van der Waals surface area contributed by atoms with Gasteiger partial charge in [0.25, 0.3) is 19.1 Å². The molecule has 0 saturated heterocycles. The molecule has 0 amide bonds. The molecule has 0 unspecified atom stereocenters. The van der Waals surface area contributed by atoms with Crippen LogP contribution in [0.1, 0.15) is 22.9 Å². The summed E-state index contributed by atoms with van der Waals surface area (Å²) in [5.74, 6) is -0.340. The van der Waals surface area contributed by atoms with Gasteiger partial charge in [0.15, 0.2) is 39.4 Å². The molecule has 1 N–H and O–H groups in total. The predicted octanol–water partition coefficient (Wildman–Crippen LogP) is 4.95. The average molecular weight is 804 g/mol. The molecule has 0 fully saturated rings. The van der Waals surface area contributed by atoms with Crippen molar-refractivity contribution in [2.45, 2.75) is 50.1 Å². The number of H-pyrrole nitrogens is 1. The summed E-state index contributed by atoms with van der Waals surface area (Å²) in [6.07, 6.45) is -5.94. The first-order valence-electron chi connectivity index (χ1n) is 13.5. The number of fused-ring (bicyclic) bond motifs is 4. The molecule has 6 aromatic rings. The quantitative estimate of drug-likeness (QED) is 0.142. The Bertz CT molecular complexity index is 2410. The summed E-state index contributed by atoms with van der Waals surface area (Å²) < 4.78 is 126. The van der Waals surface area contributed by atoms with Gasteiger partial charge in [-0.3, -0.25) is 0 Å². The first-order chi connectivity index (χ1) is 23.8. The van der Waals surface area contributed by atoms with Crippen LogP contribution in [0.3, 0.4) is 0 Å². The first-order valence-corrected chi connectivity index (χ1v) is 18.0. The standard InChI is InChI=1S/C12H8F2N4O5S.C7H3F2N3O2.C5H6ClNO3S.CH3Cl/c1-5-11(6(2)23-16-5)24(19,20)18-8-4-10-9(3-7(8)15-17-18)21-12(13,14)22-10;8-7(9)13-5-1-3-4(11-12-10-3)2-6(5)14-7;1-3-5(11(6,8)9)4(2)10-7-3;1-2/h3-4H,1-2H3;1-2H,(H,10,11,12);1-2H3;1H3. The summed E-state index contributed by atoms with van der Waals surface area (Å²) in [5, 5.41) is 24.1. The van der Waals surface area contributed by atoms with Gasteiger partial charge in [-0.05, 0) is 27.7 Å². The van der Waals surface area contributed by atoms with Gasteiger partial charge in [0.2, 0.25) is 0 Å². The number of ether oxygens (including phenoxy) is 4. The molecule has 26 heteroatoms. The maximum atomic E-state index is 13.1. The highest BCUT2D eigenvalue weighted by Crippen LogP contribution is 2.44. The van der Waals surface area contributed by atoms with E-state index in [9.17, 15) is 34.4 Å². The number of benzene rings is 2. The van der Waals surface area contributed by atoms with E-state index in [4.69, 9.17) is 15.2 Å². The smallest absolute Gasteiger partial charge is 0.395 e. The van der Waals surface area contributed by atoms with Gasteiger partial charge in [-0.15, -0.1) is 38.3 Å². The van der Waals surface area contributed by atoms with Gasteiger partial charge in [0, 0.05) is 41.3 Å². The summed E-state index contributed by atoms with van der Waals surface area (Å²) in [6.45, 7) is 5.90. The van der Waals surface area contributed by atoms with Crippen LogP contribution in [0, 0.1) is 27.7 Å². The summed E-state index contributed by atoms with van der Waals surface area (Å²) in [4.78, 5) is -0.198. The molecule has 274 valence electrons. The second-order valence-electron chi connectivity index (χ2n) is 9.92. The van der Waals surface area contributed by atoms with E-state index in [1.165, 1.54) is 46.2 Å². The van der Waals surface area contributed by atoms with Crippen LogP contribution in [0.25, 0.3) is 22.1 Å². The van der Waals surface area contributed by atoms with Gasteiger partial charge in [-0.1, -0.05) is 15.5 Å². The maximum Gasteiger partial charge on any atom is 0.586 e. The predicted molar refractivity (Wildman–Crippen MR) is 163 cm³/mol. The third kappa shape index (κ3) is 7.43. The Labute approximate surface area is 291 Å². The largest absolute Gasteiger partial charge is 0.586 e. The molecule has 2 aliphatic heterocycles. The van der Waals surface area contributed by atoms with Crippen molar-refractivity contribution in [2.24, 2.45) is 0 Å². The third-order valence-corrected chi connectivity index (χ3v) is 9.80. The fourth-order valence-electron chi connectivity index (χ4n) is 4.56. The molecule has 6 heterocycles. The van der Waals surface area contributed by atoms with E-state index in [-0.39, 0.29) is 66.7 Å². The van der Waals surface area contributed by atoms with Crippen LogP contribution in [0.5, 0.6) is 23.0 Å². The number of hydrogen-bond donors (Lipinski definition) is 1. The molecule has 2 aliphatic rings. The van der Waals surface area contributed by atoms with Gasteiger partial charge in [0.1, 0.15) is 38.4 Å². The molecule has 0 atom stereocenters. The summed E-state index contributed by atoms with van der Waals surface area (Å²) >= 11 is 4.64. The Morgan fingerprint density at radius 2 is 1.10 bits per heavy atom. The minimum atomic E-state index is -4.18. The second kappa shape index (κ2) is 13.3. The van der Waals surface area contributed by atoms with Crippen LogP contribution in [0.15, 0.2) is 43.1 Å². The molecular formula is C25H20Cl2F4N8O10S2. The lowest BCUT2D eigenvalue weighted by atomic mass is 10.3. The number of nitrogens with zero attached hydrogens (tertiary/aromatic N) is 7. The van der Waals surface area contributed by atoms with E-state index < -0.39 is 31.7 Å². The van der Waals surface area contributed by atoms with Crippen molar-refractivity contribution in [2.75, 3.05) is 6.38 Å². The van der Waals surface area contributed by atoms with Gasteiger partial charge in [-0.2, -0.15) is 23.8 Å². The van der Waals surface area contributed by atoms with E-state index in [1.807, 2.05) is 0 Å². The van der Waals surface area contributed by atoms with Crippen LogP contribution in [-0.2, 0) is 19.1 Å². The Balaban J connectivity index is 0.000000158. The molecule has 0 radical (unpaired) electrons. The third-order valence-electron chi connectivity index (χ3n) is 6.44. The van der Waals surface area contributed by atoms with Crippen LogP contribution in [-0.4, -0.2) is 75.9 Å². The zero-order valence-electron chi connectivity index (χ0n) is 26.1. The highest BCUT2D eigenvalue weighted by Gasteiger charge is 2.45.